The lowest BCUT2D eigenvalue weighted by Gasteiger charge is -2.35. The number of nitrogens with zero attached hydrogens (tertiary/aromatic N) is 2. The lowest BCUT2D eigenvalue weighted by atomic mass is 10.0. The molecule has 0 aliphatic carbocycles. The molecular formula is C20H17BrN4O2. The molecule has 1 atom stereocenters. The van der Waals surface area contributed by atoms with Gasteiger partial charge in [0, 0.05) is 23.1 Å². The molecule has 2 aromatic carbocycles. The van der Waals surface area contributed by atoms with Crippen molar-refractivity contribution >= 4 is 27.7 Å². The Labute approximate surface area is 164 Å². The van der Waals surface area contributed by atoms with Crippen LogP contribution in [0.2, 0.25) is 0 Å². The molecule has 3 aromatic rings. The fourth-order valence-corrected chi connectivity index (χ4v) is 3.47. The fraction of sp³-hybridized carbons (Fsp3) is 0.150. The highest BCUT2D eigenvalue weighted by atomic mass is 79.9. The molecule has 2 amide bonds. The van der Waals surface area contributed by atoms with E-state index in [4.69, 9.17) is 0 Å². The second-order valence-electron chi connectivity index (χ2n) is 6.28. The van der Waals surface area contributed by atoms with Crippen LogP contribution >= 0.6 is 15.9 Å². The average molecular weight is 425 g/mol. The van der Waals surface area contributed by atoms with Crippen LogP contribution in [-0.4, -0.2) is 40.0 Å². The predicted molar refractivity (Wildman–Crippen MR) is 105 cm³/mol. The van der Waals surface area contributed by atoms with E-state index in [-0.39, 0.29) is 11.8 Å². The molecule has 6 nitrogen and oxygen atoms in total. The third-order valence-corrected chi connectivity index (χ3v) is 5.07. The summed E-state index contributed by atoms with van der Waals surface area (Å²) in [6.07, 6.45) is 0. The van der Waals surface area contributed by atoms with Crippen LogP contribution in [0.4, 0.5) is 0 Å². The van der Waals surface area contributed by atoms with Crippen molar-refractivity contribution in [1.82, 2.24) is 20.4 Å². The van der Waals surface area contributed by atoms with Crippen molar-refractivity contribution in [2.24, 2.45) is 0 Å². The molecule has 0 radical (unpaired) electrons. The quantitative estimate of drug-likeness (QED) is 0.677. The lowest BCUT2D eigenvalue weighted by Crippen LogP contribution is -2.52. The number of hydrogen-bond donors (Lipinski definition) is 2. The maximum atomic E-state index is 13.1. The minimum atomic E-state index is -0.646. The van der Waals surface area contributed by atoms with Crippen LogP contribution < -0.4 is 5.32 Å². The summed E-state index contributed by atoms with van der Waals surface area (Å²) in [5.74, 6) is -0.414. The first-order valence-electron chi connectivity index (χ1n) is 8.58. The Balaban J connectivity index is 1.63. The van der Waals surface area contributed by atoms with Crippen molar-refractivity contribution in [1.29, 1.82) is 0 Å². The molecule has 0 saturated carbocycles. The van der Waals surface area contributed by atoms with E-state index in [0.29, 0.717) is 24.5 Å². The van der Waals surface area contributed by atoms with Gasteiger partial charge in [0.15, 0.2) is 0 Å². The summed E-state index contributed by atoms with van der Waals surface area (Å²) in [4.78, 5) is 27.1. The molecule has 1 aliphatic heterocycles. The lowest BCUT2D eigenvalue weighted by molar-refractivity contribution is -0.128. The van der Waals surface area contributed by atoms with Crippen LogP contribution in [0.1, 0.15) is 22.1 Å². The van der Waals surface area contributed by atoms with Gasteiger partial charge in [0.2, 0.25) is 5.91 Å². The van der Waals surface area contributed by atoms with Crippen LogP contribution in [0.25, 0.3) is 11.3 Å². The molecule has 1 unspecified atom stereocenters. The van der Waals surface area contributed by atoms with Gasteiger partial charge in [-0.1, -0.05) is 58.4 Å². The molecule has 4 rings (SSSR count). The zero-order valence-corrected chi connectivity index (χ0v) is 15.9. The first kappa shape index (κ1) is 17.5. The molecule has 1 aromatic heterocycles. The number of aromatic nitrogens is 2. The molecule has 7 heteroatoms. The van der Waals surface area contributed by atoms with E-state index in [1.165, 1.54) is 0 Å². The van der Waals surface area contributed by atoms with E-state index < -0.39 is 6.04 Å². The zero-order chi connectivity index (χ0) is 18.8. The van der Waals surface area contributed by atoms with Crippen molar-refractivity contribution in [2.75, 3.05) is 13.1 Å². The topological polar surface area (TPSA) is 78.1 Å². The van der Waals surface area contributed by atoms with Crippen LogP contribution in [0.3, 0.4) is 0 Å². The zero-order valence-electron chi connectivity index (χ0n) is 14.4. The van der Waals surface area contributed by atoms with Gasteiger partial charge in [0.05, 0.1) is 5.69 Å². The summed E-state index contributed by atoms with van der Waals surface area (Å²) >= 11 is 3.41. The Morgan fingerprint density at radius 1 is 1.11 bits per heavy atom. The molecule has 27 heavy (non-hydrogen) atoms. The number of piperazine rings is 1. The van der Waals surface area contributed by atoms with Gasteiger partial charge in [-0.05, 0) is 23.8 Å². The van der Waals surface area contributed by atoms with Gasteiger partial charge in [0.25, 0.3) is 5.91 Å². The highest BCUT2D eigenvalue weighted by Gasteiger charge is 2.35. The largest absolute Gasteiger partial charge is 0.352 e. The number of amides is 2. The minimum absolute atomic E-state index is 0.173. The summed E-state index contributed by atoms with van der Waals surface area (Å²) in [5.41, 5.74) is 2.74. The second kappa shape index (κ2) is 7.36. The first-order chi connectivity index (χ1) is 13.1. The van der Waals surface area contributed by atoms with Gasteiger partial charge in [-0.25, -0.2) is 0 Å². The van der Waals surface area contributed by atoms with Crippen molar-refractivity contribution in [3.63, 3.8) is 0 Å². The van der Waals surface area contributed by atoms with Crippen molar-refractivity contribution in [3.05, 3.63) is 76.4 Å². The highest BCUT2D eigenvalue weighted by molar-refractivity contribution is 9.10. The van der Waals surface area contributed by atoms with Gasteiger partial charge in [0.1, 0.15) is 11.7 Å². The van der Waals surface area contributed by atoms with Gasteiger partial charge in [-0.2, -0.15) is 5.10 Å². The van der Waals surface area contributed by atoms with E-state index in [2.05, 4.69) is 31.4 Å². The number of aromatic amines is 1. The molecule has 136 valence electrons. The number of carbonyl (C=O) groups is 2. The summed E-state index contributed by atoms with van der Waals surface area (Å²) in [6, 6.07) is 18.1. The Kier molecular flexibility index (Phi) is 4.77. The van der Waals surface area contributed by atoms with Crippen LogP contribution in [0.15, 0.2) is 65.1 Å². The highest BCUT2D eigenvalue weighted by Crippen LogP contribution is 2.26. The number of H-pyrrole nitrogens is 1. The number of hydrogen-bond acceptors (Lipinski definition) is 3. The summed E-state index contributed by atoms with van der Waals surface area (Å²) in [5, 5.41) is 9.92. The normalized spacial score (nSPS) is 16.9. The average Bonchev–Trinajstić information content (AvgIpc) is 3.18. The summed E-state index contributed by atoms with van der Waals surface area (Å²) in [7, 11) is 0. The van der Waals surface area contributed by atoms with Gasteiger partial charge in [-0.3, -0.25) is 14.7 Å². The van der Waals surface area contributed by atoms with Gasteiger partial charge < -0.3 is 10.2 Å². The Morgan fingerprint density at radius 3 is 2.59 bits per heavy atom. The Hall–Kier alpha value is -2.93. The third-order valence-electron chi connectivity index (χ3n) is 4.54. The maximum absolute atomic E-state index is 13.1. The number of nitrogens with one attached hydrogen (secondary N) is 2. The van der Waals surface area contributed by atoms with Crippen molar-refractivity contribution in [2.45, 2.75) is 6.04 Å². The molecule has 1 aliphatic rings. The maximum Gasteiger partial charge on any atom is 0.272 e. The molecule has 1 fully saturated rings. The summed E-state index contributed by atoms with van der Waals surface area (Å²) in [6.45, 7) is 0.873. The standard InChI is InChI=1S/C20H17BrN4O2/c21-15-8-6-13(7-9-15)16-12-17(24-23-16)20(27)25-11-10-22-19(26)18(25)14-4-2-1-3-5-14/h1-9,12,18H,10-11H2,(H,22,26)(H,23,24). The summed E-state index contributed by atoms with van der Waals surface area (Å²) < 4.78 is 0.975. The van der Waals surface area contributed by atoms with Crippen molar-refractivity contribution in [3.8, 4) is 11.3 Å². The van der Waals surface area contributed by atoms with E-state index in [1.807, 2.05) is 54.6 Å². The fourth-order valence-electron chi connectivity index (χ4n) is 3.21. The predicted octanol–water partition coefficient (Wildman–Crippen LogP) is 3.15. The Morgan fingerprint density at radius 2 is 1.85 bits per heavy atom. The van der Waals surface area contributed by atoms with Crippen molar-refractivity contribution < 1.29 is 9.59 Å². The third kappa shape index (κ3) is 3.50. The van der Waals surface area contributed by atoms with Gasteiger partial charge >= 0.3 is 0 Å². The number of carbonyl (C=O) groups excluding carboxylic acids is 2. The number of benzene rings is 2. The molecule has 0 spiro atoms. The van der Waals surface area contributed by atoms with E-state index in [0.717, 1.165) is 15.6 Å². The number of rotatable bonds is 3. The molecule has 0 bridgehead atoms. The van der Waals surface area contributed by atoms with E-state index >= 15 is 0 Å². The van der Waals surface area contributed by atoms with E-state index in [9.17, 15) is 9.59 Å². The molecule has 2 N–H and O–H groups in total. The van der Waals surface area contributed by atoms with Crippen LogP contribution in [0, 0.1) is 0 Å². The monoisotopic (exact) mass is 424 g/mol. The van der Waals surface area contributed by atoms with Crippen LogP contribution in [-0.2, 0) is 4.79 Å². The van der Waals surface area contributed by atoms with Crippen LogP contribution in [0.5, 0.6) is 0 Å². The Bertz CT molecular complexity index is 969. The van der Waals surface area contributed by atoms with Gasteiger partial charge in [-0.15, -0.1) is 0 Å². The smallest absolute Gasteiger partial charge is 0.272 e. The SMILES string of the molecule is O=C1NCCN(C(=O)c2cc(-c3ccc(Br)cc3)n[nH]2)C1c1ccccc1. The number of halogens is 1. The van der Waals surface area contributed by atoms with E-state index in [1.54, 1.807) is 11.0 Å². The second-order valence-corrected chi connectivity index (χ2v) is 7.19. The first-order valence-corrected chi connectivity index (χ1v) is 9.38. The molecule has 2 heterocycles. The molecule has 1 saturated heterocycles. The minimum Gasteiger partial charge on any atom is -0.352 e. The molecular weight excluding hydrogens is 408 g/mol.